The third kappa shape index (κ3) is 3.71. The number of urea groups is 2. The molecular formula is C21H26N4O4. The molecule has 1 aromatic carbocycles. The van der Waals surface area contributed by atoms with Crippen LogP contribution in [-0.4, -0.2) is 41.4 Å². The molecule has 1 aliphatic heterocycles. The van der Waals surface area contributed by atoms with Gasteiger partial charge in [-0.25, -0.2) is 9.59 Å². The molecule has 2 aliphatic carbocycles. The Kier molecular flexibility index (Phi) is 5.25. The molecule has 4 rings (SSSR count). The predicted octanol–water partition coefficient (Wildman–Crippen LogP) is 1.93. The maximum Gasteiger partial charge on any atom is 0.325 e. The molecule has 0 radical (unpaired) electrons. The van der Waals surface area contributed by atoms with E-state index in [0.717, 1.165) is 61.0 Å². The van der Waals surface area contributed by atoms with Crippen molar-refractivity contribution in [1.29, 1.82) is 0 Å². The number of hydrogen-bond acceptors (Lipinski definition) is 4. The summed E-state index contributed by atoms with van der Waals surface area (Å²) in [7, 11) is 0. The van der Waals surface area contributed by atoms with E-state index in [-0.39, 0.29) is 6.04 Å². The molecule has 0 bridgehead atoms. The normalized spacial score (nSPS) is 24.2. The summed E-state index contributed by atoms with van der Waals surface area (Å²) in [6.45, 7) is -0.479. The first kappa shape index (κ1) is 19.4. The Morgan fingerprint density at radius 3 is 2.66 bits per heavy atom. The number of carbonyl (C=O) groups excluding carboxylic acids is 4. The van der Waals surface area contributed by atoms with E-state index in [1.807, 2.05) is 24.3 Å². The molecular weight excluding hydrogens is 372 g/mol. The standard InChI is InChI=1S/C21H26N4O4/c26-17(23-19(28)22-15-9-2-1-3-10-15)13-25-18(27)21(24-20(25)29)12-6-8-14-7-4-5-11-16(14)21/h4-5,7,11,15H,1-3,6,8-10,12-13H2,(H,24,29)(H2,22,23,26,28)/t21-/m1/s1. The number of nitrogens with one attached hydrogen (secondary N) is 3. The first-order valence-corrected chi connectivity index (χ1v) is 10.3. The Morgan fingerprint density at radius 1 is 1.10 bits per heavy atom. The number of aryl methyl sites for hydroxylation is 1. The van der Waals surface area contributed by atoms with Crippen LogP contribution in [0.25, 0.3) is 0 Å². The van der Waals surface area contributed by atoms with Gasteiger partial charge in [-0.2, -0.15) is 0 Å². The summed E-state index contributed by atoms with van der Waals surface area (Å²) in [5.74, 6) is -1.11. The van der Waals surface area contributed by atoms with E-state index in [0.29, 0.717) is 6.42 Å². The van der Waals surface area contributed by atoms with Crippen molar-refractivity contribution in [1.82, 2.24) is 20.9 Å². The fraction of sp³-hybridized carbons (Fsp3) is 0.524. The van der Waals surface area contributed by atoms with Crippen LogP contribution in [0.3, 0.4) is 0 Å². The smallest absolute Gasteiger partial charge is 0.325 e. The van der Waals surface area contributed by atoms with Crippen LogP contribution >= 0.6 is 0 Å². The summed E-state index contributed by atoms with van der Waals surface area (Å²) in [5.41, 5.74) is 0.712. The number of rotatable bonds is 3. The van der Waals surface area contributed by atoms with Gasteiger partial charge in [0.25, 0.3) is 5.91 Å². The molecule has 1 heterocycles. The highest BCUT2D eigenvalue weighted by atomic mass is 16.2. The Morgan fingerprint density at radius 2 is 1.86 bits per heavy atom. The van der Waals surface area contributed by atoms with Crippen LogP contribution in [-0.2, 0) is 21.5 Å². The van der Waals surface area contributed by atoms with Crippen molar-refractivity contribution in [2.24, 2.45) is 0 Å². The van der Waals surface area contributed by atoms with Gasteiger partial charge in [0.15, 0.2) is 0 Å². The van der Waals surface area contributed by atoms with Gasteiger partial charge in [0, 0.05) is 6.04 Å². The first-order valence-electron chi connectivity index (χ1n) is 10.3. The summed E-state index contributed by atoms with van der Waals surface area (Å²) in [4.78, 5) is 51.0. The van der Waals surface area contributed by atoms with Crippen molar-refractivity contribution >= 4 is 23.9 Å². The molecule has 1 atom stereocenters. The number of fused-ring (bicyclic) bond motifs is 2. The summed E-state index contributed by atoms with van der Waals surface area (Å²) in [6.07, 6.45) is 7.20. The lowest BCUT2D eigenvalue weighted by atomic mass is 9.76. The van der Waals surface area contributed by atoms with Crippen molar-refractivity contribution in [2.45, 2.75) is 62.9 Å². The van der Waals surface area contributed by atoms with Crippen LogP contribution < -0.4 is 16.0 Å². The van der Waals surface area contributed by atoms with Crippen molar-refractivity contribution in [3.8, 4) is 0 Å². The molecule has 0 unspecified atom stereocenters. The number of benzene rings is 1. The molecule has 0 aromatic heterocycles. The third-order valence-electron chi connectivity index (χ3n) is 6.15. The lowest BCUT2D eigenvalue weighted by Gasteiger charge is -2.33. The van der Waals surface area contributed by atoms with Gasteiger partial charge in [-0.15, -0.1) is 0 Å². The van der Waals surface area contributed by atoms with Crippen molar-refractivity contribution in [3.63, 3.8) is 0 Å². The fourth-order valence-corrected chi connectivity index (χ4v) is 4.73. The van der Waals surface area contributed by atoms with Crippen molar-refractivity contribution in [3.05, 3.63) is 35.4 Å². The molecule has 6 amide bonds. The van der Waals surface area contributed by atoms with Gasteiger partial charge in [-0.1, -0.05) is 43.5 Å². The molecule has 1 saturated carbocycles. The van der Waals surface area contributed by atoms with Crippen LogP contribution in [0.4, 0.5) is 9.59 Å². The zero-order valence-electron chi connectivity index (χ0n) is 16.3. The highest BCUT2D eigenvalue weighted by molar-refractivity contribution is 6.10. The van der Waals surface area contributed by atoms with Crippen molar-refractivity contribution < 1.29 is 19.2 Å². The van der Waals surface area contributed by atoms with E-state index < -0.39 is 36.0 Å². The minimum absolute atomic E-state index is 0.0651. The van der Waals surface area contributed by atoms with Gasteiger partial charge in [-0.05, 0) is 43.2 Å². The number of hydrogen-bond donors (Lipinski definition) is 3. The fourth-order valence-electron chi connectivity index (χ4n) is 4.73. The molecule has 1 aromatic rings. The number of imide groups is 2. The monoisotopic (exact) mass is 398 g/mol. The molecule has 1 saturated heterocycles. The summed E-state index contributed by atoms with van der Waals surface area (Å²) < 4.78 is 0. The average Bonchev–Trinajstić information content (AvgIpc) is 2.94. The van der Waals surface area contributed by atoms with Crippen molar-refractivity contribution in [2.75, 3.05) is 6.54 Å². The van der Waals surface area contributed by atoms with Gasteiger partial charge in [0.05, 0.1) is 0 Å². The van der Waals surface area contributed by atoms with E-state index in [2.05, 4.69) is 16.0 Å². The van der Waals surface area contributed by atoms with E-state index in [9.17, 15) is 19.2 Å². The molecule has 3 aliphatic rings. The number of carbonyl (C=O) groups is 4. The Bertz CT molecular complexity index is 849. The SMILES string of the molecule is O=C(CN1C(=O)N[C@@]2(CCCc3ccccc32)C1=O)NC(=O)NC1CCCCC1. The summed E-state index contributed by atoms with van der Waals surface area (Å²) in [5, 5.41) is 7.84. The zero-order valence-corrected chi connectivity index (χ0v) is 16.3. The maximum absolute atomic E-state index is 13.2. The van der Waals surface area contributed by atoms with E-state index in [4.69, 9.17) is 0 Å². The Labute approximate surface area is 169 Å². The average molecular weight is 398 g/mol. The topological polar surface area (TPSA) is 108 Å². The molecule has 1 spiro atoms. The second kappa shape index (κ2) is 7.85. The van der Waals surface area contributed by atoms with Gasteiger partial charge < -0.3 is 10.6 Å². The zero-order chi connectivity index (χ0) is 20.4. The largest absolute Gasteiger partial charge is 0.335 e. The van der Waals surface area contributed by atoms with Crippen LogP contribution in [0.5, 0.6) is 0 Å². The second-order valence-electron chi connectivity index (χ2n) is 8.09. The van der Waals surface area contributed by atoms with E-state index in [1.54, 1.807) is 0 Å². The minimum Gasteiger partial charge on any atom is -0.335 e. The van der Waals surface area contributed by atoms with Gasteiger partial charge in [0.2, 0.25) is 5.91 Å². The highest BCUT2D eigenvalue weighted by Gasteiger charge is 2.54. The second-order valence-corrected chi connectivity index (χ2v) is 8.09. The quantitative estimate of drug-likeness (QED) is 0.676. The highest BCUT2D eigenvalue weighted by Crippen LogP contribution is 2.39. The van der Waals surface area contributed by atoms with E-state index >= 15 is 0 Å². The molecule has 154 valence electrons. The number of nitrogens with zero attached hydrogens (tertiary/aromatic N) is 1. The van der Waals surface area contributed by atoms with Gasteiger partial charge in [-0.3, -0.25) is 19.8 Å². The third-order valence-corrected chi connectivity index (χ3v) is 6.15. The van der Waals surface area contributed by atoms with Gasteiger partial charge >= 0.3 is 12.1 Å². The Hall–Kier alpha value is -2.90. The molecule has 2 fully saturated rings. The lowest BCUT2D eigenvalue weighted by Crippen LogP contribution is -2.50. The summed E-state index contributed by atoms with van der Waals surface area (Å²) >= 11 is 0. The number of amides is 6. The maximum atomic E-state index is 13.2. The van der Waals surface area contributed by atoms with Gasteiger partial charge in [0.1, 0.15) is 12.1 Å². The molecule has 8 heteroatoms. The lowest BCUT2D eigenvalue weighted by molar-refractivity contribution is -0.135. The van der Waals surface area contributed by atoms with Crippen LogP contribution in [0.15, 0.2) is 24.3 Å². The first-order chi connectivity index (χ1) is 14.0. The molecule has 29 heavy (non-hydrogen) atoms. The van der Waals surface area contributed by atoms with Crippen LogP contribution in [0.1, 0.15) is 56.1 Å². The van der Waals surface area contributed by atoms with Crippen LogP contribution in [0.2, 0.25) is 0 Å². The van der Waals surface area contributed by atoms with E-state index in [1.165, 1.54) is 0 Å². The molecule has 3 N–H and O–H groups in total. The van der Waals surface area contributed by atoms with Crippen LogP contribution in [0, 0.1) is 0 Å². The summed E-state index contributed by atoms with van der Waals surface area (Å²) in [6, 6.07) is 6.46. The Balaban J connectivity index is 1.41. The minimum atomic E-state index is -1.11. The predicted molar refractivity (Wildman–Crippen MR) is 105 cm³/mol. The molecule has 8 nitrogen and oxygen atoms in total.